The van der Waals surface area contributed by atoms with E-state index in [2.05, 4.69) is 0 Å². The van der Waals surface area contributed by atoms with E-state index < -0.39 is 18.9 Å². The third-order valence-corrected chi connectivity index (χ3v) is 3.46. The van der Waals surface area contributed by atoms with E-state index in [0.29, 0.717) is 22.0 Å². The Hall–Kier alpha value is -0.490. The van der Waals surface area contributed by atoms with Gasteiger partial charge in [0.15, 0.2) is 0 Å². The predicted molar refractivity (Wildman–Crippen MR) is 74.1 cm³/mol. The number of hydrogen-bond acceptors (Lipinski definition) is 2. The van der Waals surface area contributed by atoms with Crippen molar-refractivity contribution in [1.29, 1.82) is 0 Å². The monoisotopic (exact) mass is 329 g/mol. The summed E-state index contributed by atoms with van der Waals surface area (Å²) in [6.07, 6.45) is -4.97. The second kappa shape index (κ2) is 7.50. The molecule has 0 saturated heterocycles. The van der Waals surface area contributed by atoms with Gasteiger partial charge in [-0.3, -0.25) is 4.90 Å². The Bertz CT molecular complexity index is 440. The van der Waals surface area contributed by atoms with Gasteiger partial charge in [0, 0.05) is 13.0 Å². The Labute approximate surface area is 126 Å². The fraction of sp³-hybridized carbons (Fsp3) is 0.538. The average Bonchev–Trinajstić information content (AvgIpc) is 2.31. The highest BCUT2D eigenvalue weighted by Gasteiger charge is 2.33. The first-order chi connectivity index (χ1) is 9.23. The first-order valence-corrected chi connectivity index (χ1v) is 6.91. The lowest BCUT2D eigenvalue weighted by atomic mass is 10.1. The molecule has 0 aromatic heterocycles. The van der Waals surface area contributed by atoms with Gasteiger partial charge in [-0.25, -0.2) is 0 Å². The normalized spacial score (nSPS) is 13.8. The molecule has 0 spiro atoms. The lowest BCUT2D eigenvalue weighted by molar-refractivity contribution is -0.166. The van der Waals surface area contributed by atoms with Gasteiger partial charge in [0.1, 0.15) is 6.23 Å². The van der Waals surface area contributed by atoms with Gasteiger partial charge in [-0.15, -0.1) is 0 Å². The molecule has 1 aromatic carbocycles. The molecule has 7 heteroatoms. The van der Waals surface area contributed by atoms with Crippen LogP contribution in [-0.2, 0) is 6.42 Å². The van der Waals surface area contributed by atoms with Gasteiger partial charge < -0.3 is 5.11 Å². The second-order valence-corrected chi connectivity index (χ2v) is 5.33. The van der Waals surface area contributed by atoms with Crippen LogP contribution in [0.2, 0.25) is 10.0 Å². The number of aliphatic hydroxyl groups is 1. The first-order valence-electron chi connectivity index (χ1n) is 6.15. The van der Waals surface area contributed by atoms with Crippen molar-refractivity contribution in [2.24, 2.45) is 0 Å². The van der Waals surface area contributed by atoms with Gasteiger partial charge in [-0.2, -0.15) is 13.2 Å². The van der Waals surface area contributed by atoms with Crippen molar-refractivity contribution in [3.63, 3.8) is 0 Å². The summed E-state index contributed by atoms with van der Waals surface area (Å²) in [5, 5.41) is 10.6. The SMILES string of the molecule is CCCN(CC(F)(F)F)C(O)Cc1ccc(Cl)c(Cl)c1. The molecule has 0 aliphatic heterocycles. The lowest BCUT2D eigenvalue weighted by Gasteiger charge is -2.28. The molecule has 0 saturated carbocycles. The van der Waals surface area contributed by atoms with Gasteiger partial charge in [-0.05, 0) is 24.1 Å². The number of nitrogens with zero attached hydrogens (tertiary/aromatic N) is 1. The molecule has 0 aliphatic carbocycles. The van der Waals surface area contributed by atoms with Crippen molar-refractivity contribution < 1.29 is 18.3 Å². The molecule has 0 aliphatic rings. The molecule has 0 bridgehead atoms. The molecule has 0 amide bonds. The van der Waals surface area contributed by atoms with Crippen molar-refractivity contribution in [3.8, 4) is 0 Å². The molecule has 1 atom stereocenters. The van der Waals surface area contributed by atoms with Crippen LogP contribution >= 0.6 is 23.2 Å². The lowest BCUT2D eigenvalue weighted by Crippen LogP contribution is -2.43. The Morgan fingerprint density at radius 1 is 1.25 bits per heavy atom. The quantitative estimate of drug-likeness (QED) is 0.793. The van der Waals surface area contributed by atoms with Crippen LogP contribution in [0.5, 0.6) is 0 Å². The Balaban J connectivity index is 2.74. The maximum absolute atomic E-state index is 12.5. The maximum atomic E-state index is 12.5. The van der Waals surface area contributed by atoms with Crippen molar-refractivity contribution in [2.45, 2.75) is 32.2 Å². The van der Waals surface area contributed by atoms with E-state index in [1.54, 1.807) is 25.1 Å². The number of benzene rings is 1. The average molecular weight is 330 g/mol. The summed E-state index contributed by atoms with van der Waals surface area (Å²) in [4.78, 5) is 1.00. The molecule has 1 N–H and O–H groups in total. The minimum atomic E-state index is -4.34. The molecule has 20 heavy (non-hydrogen) atoms. The largest absolute Gasteiger partial charge is 0.401 e. The van der Waals surface area contributed by atoms with Crippen LogP contribution in [0.15, 0.2) is 18.2 Å². The molecule has 0 heterocycles. The zero-order valence-electron chi connectivity index (χ0n) is 10.9. The molecule has 114 valence electrons. The minimum Gasteiger partial charge on any atom is -0.378 e. The topological polar surface area (TPSA) is 23.5 Å². The molecule has 1 rings (SSSR count). The molecule has 0 fully saturated rings. The van der Waals surface area contributed by atoms with Crippen LogP contribution in [0.3, 0.4) is 0 Å². The van der Waals surface area contributed by atoms with E-state index in [9.17, 15) is 18.3 Å². The van der Waals surface area contributed by atoms with Crippen LogP contribution in [0.1, 0.15) is 18.9 Å². The molecule has 1 unspecified atom stereocenters. The summed E-state index contributed by atoms with van der Waals surface area (Å²) < 4.78 is 37.4. The third kappa shape index (κ3) is 5.87. The second-order valence-electron chi connectivity index (χ2n) is 4.52. The summed E-state index contributed by atoms with van der Waals surface area (Å²) in [6, 6.07) is 4.74. The standard InChI is InChI=1S/C13H16Cl2F3NO/c1-2-5-19(8-13(16,17)18)12(20)7-9-3-4-10(14)11(15)6-9/h3-4,6,12,20H,2,5,7-8H2,1H3. The highest BCUT2D eigenvalue weighted by atomic mass is 35.5. The van der Waals surface area contributed by atoms with Crippen molar-refractivity contribution in [3.05, 3.63) is 33.8 Å². The maximum Gasteiger partial charge on any atom is 0.401 e. The van der Waals surface area contributed by atoms with Crippen LogP contribution in [0, 0.1) is 0 Å². The molecule has 1 aromatic rings. The van der Waals surface area contributed by atoms with Gasteiger partial charge in [0.05, 0.1) is 16.6 Å². The Morgan fingerprint density at radius 3 is 2.40 bits per heavy atom. The number of alkyl halides is 3. The van der Waals surface area contributed by atoms with Crippen LogP contribution in [0.4, 0.5) is 13.2 Å². The van der Waals surface area contributed by atoms with Gasteiger partial charge in [-0.1, -0.05) is 36.2 Å². The van der Waals surface area contributed by atoms with Crippen molar-refractivity contribution in [1.82, 2.24) is 4.90 Å². The summed E-state index contributed by atoms with van der Waals surface area (Å²) in [7, 11) is 0. The van der Waals surface area contributed by atoms with E-state index >= 15 is 0 Å². The minimum absolute atomic E-state index is 0.0625. The third-order valence-electron chi connectivity index (χ3n) is 2.72. The number of aliphatic hydroxyl groups excluding tert-OH is 1. The zero-order valence-corrected chi connectivity index (χ0v) is 12.4. The van der Waals surface area contributed by atoms with E-state index in [4.69, 9.17) is 23.2 Å². The highest BCUT2D eigenvalue weighted by Crippen LogP contribution is 2.24. The van der Waals surface area contributed by atoms with E-state index in [1.165, 1.54) is 0 Å². The fourth-order valence-electron chi connectivity index (χ4n) is 1.86. The zero-order chi connectivity index (χ0) is 15.3. The van der Waals surface area contributed by atoms with Gasteiger partial charge >= 0.3 is 6.18 Å². The molecular weight excluding hydrogens is 314 g/mol. The predicted octanol–water partition coefficient (Wildman–Crippen LogP) is 4.13. The molecule has 2 nitrogen and oxygen atoms in total. The number of hydrogen-bond donors (Lipinski definition) is 1. The summed E-state index contributed by atoms with van der Waals surface area (Å²) in [5.41, 5.74) is 0.634. The Morgan fingerprint density at radius 2 is 1.90 bits per heavy atom. The molecular formula is C13H16Cl2F3NO. The summed E-state index contributed by atoms with van der Waals surface area (Å²) in [5.74, 6) is 0. The van der Waals surface area contributed by atoms with Crippen LogP contribution in [0.25, 0.3) is 0 Å². The van der Waals surface area contributed by atoms with Gasteiger partial charge in [0.25, 0.3) is 0 Å². The summed E-state index contributed by atoms with van der Waals surface area (Å²) in [6.45, 7) is 0.792. The first kappa shape index (κ1) is 17.6. The fourth-order valence-corrected chi connectivity index (χ4v) is 2.18. The molecule has 0 radical (unpaired) electrons. The smallest absolute Gasteiger partial charge is 0.378 e. The highest BCUT2D eigenvalue weighted by molar-refractivity contribution is 6.42. The number of rotatable bonds is 6. The Kier molecular flexibility index (Phi) is 6.58. The van der Waals surface area contributed by atoms with Crippen molar-refractivity contribution in [2.75, 3.05) is 13.1 Å². The van der Waals surface area contributed by atoms with E-state index in [0.717, 1.165) is 4.90 Å². The van der Waals surface area contributed by atoms with E-state index in [1.807, 2.05) is 0 Å². The van der Waals surface area contributed by atoms with Gasteiger partial charge in [0.2, 0.25) is 0 Å². The number of halogens is 5. The van der Waals surface area contributed by atoms with E-state index in [-0.39, 0.29) is 13.0 Å². The van der Waals surface area contributed by atoms with Crippen LogP contribution < -0.4 is 0 Å². The summed E-state index contributed by atoms with van der Waals surface area (Å²) >= 11 is 11.6. The van der Waals surface area contributed by atoms with Crippen LogP contribution in [-0.4, -0.2) is 35.5 Å². The van der Waals surface area contributed by atoms with Crippen molar-refractivity contribution >= 4 is 23.2 Å².